The second-order valence-electron chi connectivity index (χ2n) is 7.37. The molecule has 4 rings (SSSR count). The molecule has 0 saturated heterocycles. The van der Waals surface area contributed by atoms with Crippen molar-refractivity contribution in [2.24, 2.45) is 0 Å². The molecule has 1 N–H and O–H groups in total. The number of carbonyl (C=O) groups is 2. The van der Waals surface area contributed by atoms with Gasteiger partial charge in [-0.15, -0.1) is 16.4 Å². The summed E-state index contributed by atoms with van der Waals surface area (Å²) < 4.78 is 12.2. The van der Waals surface area contributed by atoms with Crippen LogP contribution >= 0.6 is 11.3 Å². The van der Waals surface area contributed by atoms with Crippen molar-refractivity contribution < 1.29 is 19.1 Å². The molecular weight excluding hydrogens is 454 g/mol. The number of para-hydroxylation sites is 3. The number of carbonyl (C=O) groups excluding carboxylic acids is 2. The van der Waals surface area contributed by atoms with Gasteiger partial charge in [-0.05, 0) is 35.7 Å². The summed E-state index contributed by atoms with van der Waals surface area (Å²) in [6.07, 6.45) is 0. The normalized spacial score (nSPS) is 11.8. The van der Waals surface area contributed by atoms with E-state index < -0.39 is 6.04 Å². The highest BCUT2D eigenvalue weighted by molar-refractivity contribution is 7.10. The maximum atomic E-state index is 13.9. The number of thiophene rings is 1. The van der Waals surface area contributed by atoms with Crippen molar-refractivity contribution in [3.63, 3.8) is 0 Å². The molecule has 4 aromatic rings. The van der Waals surface area contributed by atoms with E-state index in [9.17, 15) is 9.59 Å². The highest BCUT2D eigenvalue weighted by Gasteiger charge is 2.35. The summed E-state index contributed by atoms with van der Waals surface area (Å²) in [6, 6.07) is 17.3. The molecule has 1 atom stereocenters. The maximum absolute atomic E-state index is 13.9. The molecule has 0 fully saturated rings. The molecule has 0 aliphatic rings. The molecule has 0 radical (unpaired) electrons. The summed E-state index contributed by atoms with van der Waals surface area (Å²) in [7, 11) is 3.10. The summed E-state index contributed by atoms with van der Waals surface area (Å²) in [6.45, 7) is 0.571. The number of hydrogen-bond acceptors (Lipinski definition) is 7. The van der Waals surface area contributed by atoms with Crippen LogP contribution in [-0.4, -0.2) is 54.2 Å². The zero-order valence-corrected chi connectivity index (χ0v) is 19.7. The second-order valence-corrected chi connectivity index (χ2v) is 8.35. The molecule has 0 saturated carbocycles. The van der Waals surface area contributed by atoms with Crippen LogP contribution in [0.5, 0.6) is 5.75 Å². The monoisotopic (exact) mass is 479 g/mol. The number of fused-ring (bicyclic) bond motifs is 1. The van der Waals surface area contributed by atoms with E-state index in [4.69, 9.17) is 9.47 Å². The van der Waals surface area contributed by atoms with Crippen LogP contribution in [0.25, 0.3) is 11.0 Å². The van der Waals surface area contributed by atoms with Crippen molar-refractivity contribution >= 4 is 39.9 Å². The van der Waals surface area contributed by atoms with Crippen molar-refractivity contribution in [2.45, 2.75) is 12.6 Å². The van der Waals surface area contributed by atoms with Gasteiger partial charge in [-0.25, -0.2) is 4.68 Å². The number of nitrogens with zero attached hydrogens (tertiary/aromatic N) is 4. The van der Waals surface area contributed by atoms with Crippen molar-refractivity contribution in [1.82, 2.24) is 20.3 Å². The van der Waals surface area contributed by atoms with Crippen molar-refractivity contribution in [3.8, 4) is 5.75 Å². The lowest BCUT2D eigenvalue weighted by atomic mass is 10.1. The maximum Gasteiger partial charge on any atom is 0.249 e. The number of nitrogens with one attached hydrogen (secondary N) is 1. The van der Waals surface area contributed by atoms with Gasteiger partial charge in [0.25, 0.3) is 0 Å². The zero-order chi connectivity index (χ0) is 23.9. The van der Waals surface area contributed by atoms with Gasteiger partial charge in [0, 0.05) is 18.5 Å². The molecule has 10 heteroatoms. The molecule has 0 spiro atoms. The first-order valence-electron chi connectivity index (χ1n) is 10.7. The number of ether oxygens (including phenoxy) is 2. The molecule has 0 unspecified atom stereocenters. The van der Waals surface area contributed by atoms with Crippen molar-refractivity contribution in [1.29, 1.82) is 0 Å². The summed E-state index contributed by atoms with van der Waals surface area (Å²) in [5.74, 6) is -0.173. The van der Waals surface area contributed by atoms with Gasteiger partial charge in [0.1, 0.15) is 23.9 Å². The van der Waals surface area contributed by atoms with Crippen LogP contribution in [0, 0.1) is 0 Å². The zero-order valence-electron chi connectivity index (χ0n) is 18.9. The van der Waals surface area contributed by atoms with E-state index in [2.05, 4.69) is 15.6 Å². The highest BCUT2D eigenvalue weighted by Crippen LogP contribution is 2.36. The average molecular weight is 480 g/mol. The minimum absolute atomic E-state index is 0.105. The summed E-state index contributed by atoms with van der Waals surface area (Å²) in [5.41, 5.74) is 1.90. The number of amides is 2. The standard InChI is InChI=1S/C24H25N5O4S/c1-32-14-13-25-24(31)23(21-12-7-15-34-21)29(19-10-5-6-11-20(19)33-2)22(30)16-28-18-9-4-3-8-17(18)26-27-28/h3-12,15,23H,13-14,16H2,1-2H3,(H,25,31)/t23-/m1/s1. The Morgan fingerprint density at radius 3 is 2.65 bits per heavy atom. The minimum Gasteiger partial charge on any atom is -0.495 e. The highest BCUT2D eigenvalue weighted by atomic mass is 32.1. The molecule has 34 heavy (non-hydrogen) atoms. The van der Waals surface area contributed by atoms with Gasteiger partial charge in [-0.2, -0.15) is 0 Å². The molecule has 2 aromatic carbocycles. The molecule has 9 nitrogen and oxygen atoms in total. The fourth-order valence-corrected chi connectivity index (χ4v) is 4.49. The van der Waals surface area contributed by atoms with Crippen LogP contribution in [0.15, 0.2) is 66.0 Å². The van der Waals surface area contributed by atoms with Gasteiger partial charge in [-0.1, -0.05) is 35.5 Å². The Hall–Kier alpha value is -3.76. The molecular formula is C24H25N5O4S. The summed E-state index contributed by atoms with van der Waals surface area (Å²) >= 11 is 1.40. The number of aromatic nitrogens is 3. The lowest BCUT2D eigenvalue weighted by molar-refractivity contribution is -0.127. The molecule has 0 aliphatic heterocycles. The third-order valence-corrected chi connectivity index (χ3v) is 6.17. The van der Waals surface area contributed by atoms with Gasteiger partial charge >= 0.3 is 0 Å². The van der Waals surface area contributed by atoms with Gasteiger partial charge in [0.15, 0.2) is 0 Å². The van der Waals surface area contributed by atoms with Crippen LogP contribution in [0.1, 0.15) is 10.9 Å². The molecule has 2 aromatic heterocycles. The van der Waals surface area contributed by atoms with Crippen LogP contribution in [0.3, 0.4) is 0 Å². The van der Waals surface area contributed by atoms with Crippen molar-refractivity contribution in [2.75, 3.05) is 32.3 Å². The Bertz CT molecular complexity index is 1260. The average Bonchev–Trinajstić information content (AvgIpc) is 3.53. The number of anilines is 1. The molecule has 0 aliphatic carbocycles. The third-order valence-electron chi connectivity index (χ3n) is 5.24. The second kappa shape index (κ2) is 10.9. The van der Waals surface area contributed by atoms with Gasteiger partial charge in [0.05, 0.1) is 24.9 Å². The van der Waals surface area contributed by atoms with Gasteiger partial charge in [-0.3, -0.25) is 14.5 Å². The van der Waals surface area contributed by atoms with E-state index in [0.717, 1.165) is 10.4 Å². The first kappa shape index (κ1) is 23.4. The fraction of sp³-hybridized carbons (Fsp3) is 0.250. The fourth-order valence-electron chi connectivity index (χ4n) is 3.68. The third kappa shape index (κ3) is 4.92. The molecule has 2 heterocycles. The molecule has 0 bridgehead atoms. The van der Waals surface area contributed by atoms with Crippen molar-refractivity contribution in [3.05, 3.63) is 70.9 Å². The van der Waals surface area contributed by atoms with Crippen LogP contribution < -0.4 is 15.0 Å². The van der Waals surface area contributed by atoms with Gasteiger partial charge < -0.3 is 14.8 Å². The first-order chi connectivity index (χ1) is 16.6. The predicted molar refractivity (Wildman–Crippen MR) is 130 cm³/mol. The Morgan fingerprint density at radius 1 is 1.09 bits per heavy atom. The van der Waals surface area contributed by atoms with Crippen LogP contribution in [-0.2, 0) is 20.9 Å². The smallest absolute Gasteiger partial charge is 0.249 e. The van der Waals surface area contributed by atoms with Gasteiger partial charge in [0.2, 0.25) is 11.8 Å². The molecule has 176 valence electrons. The Morgan fingerprint density at radius 2 is 1.88 bits per heavy atom. The predicted octanol–water partition coefficient (Wildman–Crippen LogP) is 3.04. The lowest BCUT2D eigenvalue weighted by Crippen LogP contribution is -2.45. The van der Waals surface area contributed by atoms with E-state index in [0.29, 0.717) is 30.1 Å². The van der Waals surface area contributed by atoms with Crippen LogP contribution in [0.2, 0.25) is 0 Å². The van der Waals surface area contributed by atoms with E-state index >= 15 is 0 Å². The van der Waals surface area contributed by atoms with E-state index in [1.807, 2.05) is 47.8 Å². The lowest BCUT2D eigenvalue weighted by Gasteiger charge is -2.31. The summed E-state index contributed by atoms with van der Waals surface area (Å²) in [5, 5.41) is 13.1. The Labute approximate surface area is 200 Å². The topological polar surface area (TPSA) is 98.6 Å². The Balaban J connectivity index is 1.77. The van der Waals surface area contributed by atoms with E-state index in [1.54, 1.807) is 25.3 Å². The SMILES string of the molecule is COCCNC(=O)[C@@H](c1cccs1)N(C(=O)Cn1nnc2ccccc21)c1ccccc1OC. The first-order valence-corrected chi connectivity index (χ1v) is 11.6. The quantitative estimate of drug-likeness (QED) is 0.351. The summed E-state index contributed by atoms with van der Waals surface area (Å²) in [4.78, 5) is 29.5. The largest absolute Gasteiger partial charge is 0.495 e. The number of benzene rings is 2. The minimum atomic E-state index is -0.907. The molecule has 2 amide bonds. The number of rotatable bonds is 10. The van der Waals surface area contributed by atoms with E-state index in [-0.39, 0.29) is 18.4 Å². The van der Waals surface area contributed by atoms with E-state index in [1.165, 1.54) is 28.0 Å². The Kier molecular flexibility index (Phi) is 7.51. The van der Waals surface area contributed by atoms with Crippen LogP contribution in [0.4, 0.5) is 5.69 Å². The number of hydrogen-bond donors (Lipinski definition) is 1. The number of methoxy groups -OCH3 is 2.